The molecule has 0 N–H and O–H groups in total. The SMILES string of the molecule is Cc1[c]([RaH])[c]([RaH])c(-c2nnc(-c3[c]([RaH])[c]([RaH])c(C)[c]([RaH])[c]3[RaH])[n]2[RaH])[c]([RaH])[c]1[RaH]. The van der Waals surface area contributed by atoms with Gasteiger partial charge in [0.15, 0.2) is 0 Å². The Hall–Kier alpha value is 10.8. The Morgan fingerprint density at radius 1 is 0.500 bits per heavy atom. The van der Waals surface area contributed by atoms with Crippen LogP contribution in [0.4, 0.5) is 0 Å². The summed E-state index contributed by atoms with van der Waals surface area (Å²) in [6, 6.07) is 0. The van der Waals surface area contributed by atoms with E-state index in [1.54, 1.807) is 22.3 Å². The number of hydrogen-bond acceptors (Lipinski definition) is 2. The van der Waals surface area contributed by atoms with Crippen molar-refractivity contribution in [3.8, 4) is 22.8 Å². The van der Waals surface area contributed by atoms with E-state index < -0.39 is 0 Å². The van der Waals surface area contributed by atoms with Crippen molar-refractivity contribution in [2.45, 2.75) is 13.8 Å². The fourth-order valence-corrected chi connectivity index (χ4v) is 67.1. The van der Waals surface area contributed by atoms with Gasteiger partial charge in [-0.25, -0.2) is 0 Å². The summed E-state index contributed by atoms with van der Waals surface area (Å²) in [5, 5.41) is 9.89. The first-order valence-electron chi connectivity index (χ1n) is 10.0. The number of benzene rings is 2. The molecule has 0 fully saturated rings. The number of aromatic nitrogens is 3. The van der Waals surface area contributed by atoms with Gasteiger partial charge in [0.2, 0.25) is 0 Å². The van der Waals surface area contributed by atoms with E-state index in [9.17, 15) is 0 Å². The van der Waals surface area contributed by atoms with E-state index in [4.69, 9.17) is 10.2 Å². The molecule has 0 spiro atoms. The van der Waals surface area contributed by atoms with E-state index in [-0.39, 0.29) is 43.2 Å². The van der Waals surface area contributed by atoms with Gasteiger partial charge in [-0.2, -0.15) is 0 Å². The van der Waals surface area contributed by atoms with Gasteiger partial charge in [0, 0.05) is 0 Å². The summed E-state index contributed by atoms with van der Waals surface area (Å²) in [6.07, 6.45) is 0. The molecule has 2 aromatic carbocycles. The molecule has 1 aromatic heterocycles. The van der Waals surface area contributed by atoms with Crippen LogP contribution in [-0.2, 0) is 0 Å². The van der Waals surface area contributed by atoms with Gasteiger partial charge in [0.1, 0.15) is 0 Å². The average molecular weight is 2280 g/mol. The third-order valence-corrected chi connectivity index (χ3v) is 124. The summed E-state index contributed by atoms with van der Waals surface area (Å²) >= 11 is 3.58. The molecule has 3 aromatic rings. The van der Waals surface area contributed by atoms with Crippen LogP contribution in [-0.4, -0.2) is 10.3 Å². The second-order valence-corrected chi connectivity index (χ2v) is 45.0. The Balaban J connectivity index is 2.33. The van der Waals surface area contributed by atoms with Gasteiger partial charge in [-0.05, 0) is 0 Å². The predicted octanol–water partition coefficient (Wildman–Crippen LogP) is -5.47. The van der Waals surface area contributed by atoms with Crippen LogP contribution in [0.25, 0.3) is 22.8 Å². The maximum atomic E-state index is 4.94. The van der Waals surface area contributed by atoms with Crippen molar-refractivity contribution >= 4 is 4.83 Å². The molecule has 3 rings (SSSR count). The number of rotatable bonds is 2. The Kier molecular flexibility index (Phi) is 18.2. The standard InChI is InChI=1S/C16H6N3.9Ra.9H/c1-11-3-7-13(8-4-11)15-17-16(19-18-15)14-9-5-12(2)6-10-14;;;;;;;;;;;;;;;;;;/h1-2H3;;;;;;;;;;;;;;;;;;/q-1;;;;;;;;;+1;;;;;;;;;. The zero-order valence-electron chi connectivity index (χ0n) is 19.3. The van der Waals surface area contributed by atoms with Crippen LogP contribution >= 0.6 is 0 Å². The number of hydrogen-bond donors (Lipinski definition) is 0. The monoisotopic (exact) mass is 2280 g/mol. The van der Waals surface area contributed by atoms with Gasteiger partial charge in [-0.3, -0.25) is 0 Å². The molecule has 0 atom stereocenters. The van der Waals surface area contributed by atoms with Crippen LogP contribution in [0.3, 0.4) is 0 Å². The molecule has 112 valence electrons. The van der Waals surface area contributed by atoms with Crippen molar-refractivity contribution in [3.63, 3.8) is 0 Å². The summed E-state index contributed by atoms with van der Waals surface area (Å²) in [6.45, 7) is 4.88. The molecule has 0 saturated heterocycles. The molecule has 28 heavy (non-hydrogen) atoms. The van der Waals surface area contributed by atoms with Crippen molar-refractivity contribution in [2.75, 3.05) is 0 Å². The molecule has 1 heterocycles. The van der Waals surface area contributed by atoms with Crippen LogP contribution < -0.4 is 4.83 Å². The summed E-state index contributed by atoms with van der Waals surface area (Å²) in [7, 11) is 0. The summed E-state index contributed by atoms with van der Waals surface area (Å²) in [4.78, 5) is 0. The maximum absolute atomic E-state index is 4.94. The van der Waals surface area contributed by atoms with Crippen LogP contribution in [0, 0.1) is 399 Å². The van der Waals surface area contributed by atoms with E-state index in [1.165, 1.54) is 11.6 Å². The Labute approximate surface area is 430 Å². The quantitative estimate of drug-likeness (QED) is 0.257. The molecular weight excluding hydrogens is 2270 g/mol. The topological polar surface area (TPSA) is 30.7 Å². The first kappa shape index (κ1) is 33.3. The van der Waals surface area contributed by atoms with Crippen molar-refractivity contribution in [1.29, 1.82) is 0 Å². The van der Waals surface area contributed by atoms with Gasteiger partial charge < -0.3 is 0 Å². The zero-order chi connectivity index (χ0) is 21.1. The van der Waals surface area contributed by atoms with Crippen molar-refractivity contribution in [2.24, 2.45) is 0 Å². The fourth-order valence-electron chi connectivity index (χ4n) is 4.44. The average Bonchev–Trinajstić information content (AvgIpc) is 3.03. The van der Waals surface area contributed by atoms with Crippen molar-refractivity contribution in [3.05, 3.63) is 11.1 Å². The van der Waals surface area contributed by atoms with Crippen LogP contribution in [0.1, 0.15) is 11.1 Å². The van der Waals surface area contributed by atoms with Crippen LogP contribution in [0.2, 0.25) is 0 Å². The predicted molar refractivity (Wildman–Crippen MR) is 85.4 cm³/mol. The van der Waals surface area contributed by atoms with E-state index in [2.05, 4.69) is 13.9 Å². The van der Waals surface area contributed by atoms with E-state index >= 15 is 0 Å². The van der Waals surface area contributed by atoms with Gasteiger partial charge in [0.05, 0.1) is 0 Å². The first-order valence-corrected chi connectivity index (χ1v) is 46.6. The molecule has 0 unspecified atom stereocenters. The third-order valence-electron chi connectivity index (χ3n) is 7.32. The molecule has 0 aliphatic carbocycles. The summed E-state index contributed by atoms with van der Waals surface area (Å²) in [5.74, 6) is 2.66. The molecule has 0 aliphatic rings. The van der Waals surface area contributed by atoms with Gasteiger partial charge in [-0.15, -0.1) is 0 Å². The van der Waals surface area contributed by atoms with Crippen molar-refractivity contribution < 1.29 is 386 Å². The van der Waals surface area contributed by atoms with Gasteiger partial charge >= 0.3 is 448 Å². The molecule has 12 heteroatoms. The molecule has 0 amide bonds. The van der Waals surface area contributed by atoms with Crippen molar-refractivity contribution in [1.82, 2.24) is 10.3 Å². The molecular formula is C16H15N3Ra9. The second-order valence-electron chi connectivity index (χ2n) is 8.41. The second kappa shape index (κ2) is 15.3. The summed E-state index contributed by atoms with van der Waals surface area (Å²) in [5.41, 5.74) is 6.81. The fraction of sp³-hybridized carbons (Fsp3) is 0.125. The molecule has 0 saturated carbocycles. The van der Waals surface area contributed by atoms with E-state index in [0.717, 1.165) is 0 Å². The Morgan fingerprint density at radius 3 is 1.00 bits per heavy atom. The van der Waals surface area contributed by atoms with Crippen LogP contribution in [0.15, 0.2) is 0 Å². The minimum atomic E-state index is 0.198. The first-order chi connectivity index (χ1) is 13.0. The molecule has 0 aliphatic heterocycles. The molecule has 0 bridgehead atoms. The minimum absolute atomic E-state index is 0.198. The Bertz CT molecular complexity index is 992. The van der Waals surface area contributed by atoms with Crippen LogP contribution in [0.5, 0.6) is 0 Å². The van der Waals surface area contributed by atoms with Gasteiger partial charge in [0.25, 0.3) is 0 Å². The van der Waals surface area contributed by atoms with E-state index in [1.807, 2.05) is 4.83 Å². The zero-order valence-corrected chi connectivity index (χ0v) is 93.3. The molecule has 3 nitrogen and oxygen atoms in total. The van der Waals surface area contributed by atoms with Gasteiger partial charge in [-0.1, -0.05) is 0 Å². The van der Waals surface area contributed by atoms with E-state index in [0.29, 0.717) is 342 Å². The molecule has 0 radical (unpaired) electrons. The normalized spacial score (nSPS) is 10.8. The Morgan fingerprint density at radius 2 is 0.750 bits per heavy atom. The third kappa shape index (κ3) is 7.40. The number of nitrogens with zero attached hydrogens (tertiary/aromatic N) is 3. The summed E-state index contributed by atoms with van der Waals surface area (Å²) < 4.78 is 17.2.